The molecule has 8 heteroatoms. The zero-order valence-electron chi connectivity index (χ0n) is 12.4. The molecule has 2 aliphatic rings. The number of aromatic nitrogens is 2. The van der Waals surface area contributed by atoms with Gasteiger partial charge in [0.1, 0.15) is 11.2 Å². The maximum Gasteiger partial charge on any atom is 0.341 e. The number of carboxylic acids is 1. The van der Waals surface area contributed by atoms with E-state index in [1.807, 2.05) is 0 Å². The standard InChI is InChI=1S/C15H15ClN4O3/c1-6-10-12(21)9(15(22)23)4-18-13(10)19-14(11(6)16)20-5-7-2-8(20)3-17-7/h4,7-8,17H,2-3,5H2,1H3,(H,22,23)(H,18,19,21). The van der Waals surface area contributed by atoms with Gasteiger partial charge in [-0.25, -0.2) is 9.78 Å². The average molecular weight is 335 g/mol. The summed E-state index contributed by atoms with van der Waals surface area (Å²) in [5.74, 6) is -0.611. The minimum absolute atomic E-state index is 0.237. The number of aromatic amines is 1. The van der Waals surface area contributed by atoms with Gasteiger partial charge in [-0.3, -0.25) is 4.79 Å². The van der Waals surface area contributed by atoms with Crippen LogP contribution in [0.2, 0.25) is 5.02 Å². The number of aromatic carboxylic acids is 1. The molecule has 2 aromatic heterocycles. The quantitative estimate of drug-likeness (QED) is 0.761. The molecular formula is C15H15ClN4O3. The number of nitrogens with one attached hydrogen (secondary N) is 2. The smallest absolute Gasteiger partial charge is 0.341 e. The summed E-state index contributed by atoms with van der Waals surface area (Å²) >= 11 is 6.47. The van der Waals surface area contributed by atoms with Crippen molar-refractivity contribution in [3.8, 4) is 0 Å². The predicted octanol–water partition coefficient (Wildman–Crippen LogP) is 1.13. The van der Waals surface area contributed by atoms with Crippen LogP contribution in [0.4, 0.5) is 5.82 Å². The molecule has 2 unspecified atom stereocenters. The summed E-state index contributed by atoms with van der Waals surface area (Å²) in [5, 5.41) is 13.2. The number of rotatable bonds is 2. The largest absolute Gasteiger partial charge is 0.477 e. The number of piperazine rings is 1. The average Bonchev–Trinajstić information content (AvgIpc) is 3.13. The van der Waals surface area contributed by atoms with Crippen LogP contribution in [0.3, 0.4) is 0 Å². The molecule has 2 atom stereocenters. The van der Waals surface area contributed by atoms with Crippen LogP contribution in [0, 0.1) is 6.92 Å². The molecule has 0 amide bonds. The summed E-state index contributed by atoms with van der Waals surface area (Å²) in [6, 6.07) is 0.800. The molecule has 0 saturated carbocycles. The normalized spacial score (nSPS) is 23.0. The molecule has 0 aliphatic carbocycles. The topological polar surface area (TPSA) is 98.3 Å². The third-order valence-corrected chi connectivity index (χ3v) is 5.19. The maximum atomic E-state index is 12.4. The Morgan fingerprint density at radius 2 is 2.30 bits per heavy atom. The molecule has 4 rings (SSSR count). The highest BCUT2D eigenvalue weighted by Crippen LogP contribution is 2.36. The van der Waals surface area contributed by atoms with Gasteiger partial charge in [-0.05, 0) is 18.9 Å². The van der Waals surface area contributed by atoms with Crippen LogP contribution in [-0.2, 0) is 0 Å². The van der Waals surface area contributed by atoms with Crippen molar-refractivity contribution >= 4 is 34.4 Å². The Labute approximate surface area is 136 Å². The highest BCUT2D eigenvalue weighted by Gasteiger charge is 2.39. The number of carboxylic acid groups (broad SMARTS) is 1. The molecule has 2 fully saturated rings. The SMILES string of the molecule is Cc1c(Cl)c(N2CC3CC2CN3)nc2[nH]cc(C(=O)O)c(=O)c12. The number of pyridine rings is 2. The first-order valence-electron chi connectivity index (χ1n) is 7.42. The van der Waals surface area contributed by atoms with Gasteiger partial charge in [-0.2, -0.15) is 0 Å². The van der Waals surface area contributed by atoms with Gasteiger partial charge in [0.15, 0.2) is 5.82 Å². The predicted molar refractivity (Wildman–Crippen MR) is 86.6 cm³/mol. The van der Waals surface area contributed by atoms with Crippen LogP contribution >= 0.6 is 11.6 Å². The lowest BCUT2D eigenvalue weighted by molar-refractivity contribution is 0.0695. The number of H-pyrrole nitrogens is 1. The molecule has 7 nitrogen and oxygen atoms in total. The maximum absolute atomic E-state index is 12.4. The third kappa shape index (κ3) is 2.04. The first kappa shape index (κ1) is 14.5. The van der Waals surface area contributed by atoms with E-state index in [1.54, 1.807) is 6.92 Å². The Balaban J connectivity index is 1.92. The monoisotopic (exact) mass is 334 g/mol. The molecule has 2 bridgehead atoms. The summed E-state index contributed by atoms with van der Waals surface area (Å²) in [6.07, 6.45) is 2.25. The lowest BCUT2D eigenvalue weighted by Gasteiger charge is -2.29. The van der Waals surface area contributed by atoms with E-state index in [1.165, 1.54) is 6.20 Å². The molecule has 4 heterocycles. The number of hydrogen-bond acceptors (Lipinski definition) is 5. The van der Waals surface area contributed by atoms with Gasteiger partial charge in [0.05, 0.1) is 10.4 Å². The Bertz CT molecular complexity index is 894. The zero-order chi connectivity index (χ0) is 16.3. The molecule has 3 N–H and O–H groups in total. The van der Waals surface area contributed by atoms with Gasteiger partial charge in [0, 0.05) is 31.4 Å². The number of aryl methyl sites for hydroxylation is 1. The molecular weight excluding hydrogens is 320 g/mol. The summed E-state index contributed by atoms with van der Waals surface area (Å²) in [5.41, 5.74) is 0.0596. The van der Waals surface area contributed by atoms with E-state index in [4.69, 9.17) is 16.7 Å². The van der Waals surface area contributed by atoms with Crippen molar-refractivity contribution in [2.45, 2.75) is 25.4 Å². The Morgan fingerprint density at radius 1 is 1.52 bits per heavy atom. The molecule has 0 radical (unpaired) electrons. The van der Waals surface area contributed by atoms with Crippen molar-refractivity contribution in [1.82, 2.24) is 15.3 Å². The van der Waals surface area contributed by atoms with Crippen LogP contribution in [-0.4, -0.2) is 46.2 Å². The first-order chi connectivity index (χ1) is 11.0. The summed E-state index contributed by atoms with van der Waals surface area (Å²) in [7, 11) is 0. The third-order valence-electron chi connectivity index (χ3n) is 4.74. The fourth-order valence-corrected chi connectivity index (χ4v) is 3.80. The van der Waals surface area contributed by atoms with Crippen molar-refractivity contribution in [2.24, 2.45) is 0 Å². The van der Waals surface area contributed by atoms with E-state index in [-0.39, 0.29) is 10.9 Å². The van der Waals surface area contributed by atoms with Crippen LogP contribution in [0.25, 0.3) is 11.0 Å². The van der Waals surface area contributed by atoms with Crippen molar-refractivity contribution in [3.05, 3.63) is 32.6 Å². The molecule has 0 aromatic carbocycles. The second kappa shape index (κ2) is 4.94. The van der Waals surface area contributed by atoms with E-state index >= 15 is 0 Å². The molecule has 2 saturated heterocycles. The number of nitrogens with zero attached hydrogens (tertiary/aromatic N) is 2. The van der Waals surface area contributed by atoms with E-state index < -0.39 is 11.4 Å². The van der Waals surface area contributed by atoms with E-state index in [0.29, 0.717) is 34.1 Å². The lowest BCUT2D eigenvalue weighted by Crippen LogP contribution is -2.44. The fraction of sp³-hybridized carbons (Fsp3) is 0.400. The first-order valence-corrected chi connectivity index (χ1v) is 7.80. The van der Waals surface area contributed by atoms with Crippen LogP contribution in [0.5, 0.6) is 0 Å². The molecule has 2 aromatic rings. The number of carbonyl (C=O) groups is 1. The zero-order valence-corrected chi connectivity index (χ0v) is 13.1. The minimum Gasteiger partial charge on any atom is -0.477 e. The summed E-state index contributed by atoms with van der Waals surface area (Å²) in [4.78, 5) is 33.0. The van der Waals surface area contributed by atoms with Crippen molar-refractivity contribution in [1.29, 1.82) is 0 Å². The Kier molecular flexibility index (Phi) is 3.11. The molecule has 23 heavy (non-hydrogen) atoms. The van der Waals surface area contributed by atoms with Crippen molar-refractivity contribution in [3.63, 3.8) is 0 Å². The van der Waals surface area contributed by atoms with Gasteiger partial charge in [0.2, 0.25) is 5.43 Å². The summed E-state index contributed by atoms with van der Waals surface area (Å²) < 4.78 is 0. The van der Waals surface area contributed by atoms with Crippen LogP contribution in [0.1, 0.15) is 22.3 Å². The number of anilines is 1. The van der Waals surface area contributed by atoms with Gasteiger partial charge in [-0.1, -0.05) is 11.6 Å². The fourth-order valence-electron chi connectivity index (χ4n) is 3.56. The minimum atomic E-state index is -1.27. The van der Waals surface area contributed by atoms with Gasteiger partial charge < -0.3 is 20.3 Å². The molecule has 2 aliphatic heterocycles. The van der Waals surface area contributed by atoms with Crippen molar-refractivity contribution < 1.29 is 9.90 Å². The lowest BCUT2D eigenvalue weighted by atomic mass is 10.1. The highest BCUT2D eigenvalue weighted by atomic mass is 35.5. The second-order valence-electron chi connectivity index (χ2n) is 6.08. The van der Waals surface area contributed by atoms with Crippen molar-refractivity contribution in [2.75, 3.05) is 18.0 Å². The van der Waals surface area contributed by atoms with Gasteiger partial charge in [0.25, 0.3) is 0 Å². The van der Waals surface area contributed by atoms with E-state index in [2.05, 4.69) is 20.2 Å². The second-order valence-corrected chi connectivity index (χ2v) is 6.46. The van der Waals surface area contributed by atoms with Crippen LogP contribution in [0.15, 0.2) is 11.0 Å². The number of fused-ring (bicyclic) bond motifs is 3. The number of hydrogen-bond donors (Lipinski definition) is 3. The van der Waals surface area contributed by atoms with Gasteiger partial charge >= 0.3 is 5.97 Å². The van der Waals surface area contributed by atoms with Crippen LogP contribution < -0.4 is 15.6 Å². The Morgan fingerprint density at radius 3 is 2.91 bits per heavy atom. The van der Waals surface area contributed by atoms with E-state index in [0.717, 1.165) is 19.5 Å². The molecule has 0 spiro atoms. The van der Waals surface area contributed by atoms with E-state index in [9.17, 15) is 9.59 Å². The Hall–Kier alpha value is -2.12. The highest BCUT2D eigenvalue weighted by molar-refractivity contribution is 6.34. The summed E-state index contributed by atoms with van der Waals surface area (Å²) in [6.45, 7) is 3.46. The van der Waals surface area contributed by atoms with Gasteiger partial charge in [-0.15, -0.1) is 0 Å². The molecule has 120 valence electrons. The number of halogens is 1.